The van der Waals surface area contributed by atoms with Crippen LogP contribution in [0.1, 0.15) is 36.5 Å². The van der Waals surface area contributed by atoms with Crippen LogP contribution in [0.5, 0.6) is 0 Å². The molecular weight excluding hydrogens is 580 g/mol. The van der Waals surface area contributed by atoms with E-state index in [-0.39, 0.29) is 6.61 Å². The zero-order valence-electron chi connectivity index (χ0n) is 23.8. The summed E-state index contributed by atoms with van der Waals surface area (Å²) in [5.74, 6) is -3.83. The lowest BCUT2D eigenvalue weighted by atomic mass is 9.88. The van der Waals surface area contributed by atoms with Crippen LogP contribution in [0.15, 0.2) is 54.6 Å². The fourth-order valence-electron chi connectivity index (χ4n) is 4.67. The molecule has 1 aliphatic rings. The Balaban J connectivity index is 1.66. The Kier molecular flexibility index (Phi) is 13.1. The number of amides is 2. The number of aldehydes is 1. The summed E-state index contributed by atoms with van der Waals surface area (Å²) in [5.41, 5.74) is 2.20. The number of carboxylic acids is 1. The first kappa shape index (κ1) is 34.2. The second-order valence-electron chi connectivity index (χ2n) is 10.1. The van der Waals surface area contributed by atoms with Crippen molar-refractivity contribution in [3.05, 3.63) is 60.2 Å². The fraction of sp³-hybridized carbons (Fsp3) is 0.467. The van der Waals surface area contributed by atoms with E-state index < -0.39 is 67.0 Å². The number of hydrogen-bond acceptors (Lipinski definition) is 10. The summed E-state index contributed by atoms with van der Waals surface area (Å²) in [6, 6.07) is 15.1. The molecule has 1 heterocycles. The molecule has 3 rings (SSSR count). The largest absolute Gasteiger partial charge is 0.477 e. The number of nitrogens with one attached hydrogen (secondary N) is 2. The number of carboxylic acid groups (broad SMARTS) is 1. The first-order chi connectivity index (χ1) is 20.6. The van der Waals surface area contributed by atoms with Gasteiger partial charge in [-0.25, -0.2) is 4.79 Å². The van der Waals surface area contributed by atoms with Gasteiger partial charge in [0.25, 0.3) is 11.7 Å². The van der Waals surface area contributed by atoms with Crippen LogP contribution in [-0.2, 0) is 23.9 Å². The number of aliphatic hydroxyl groups excluding tert-OH is 3. The first-order valence-electron chi connectivity index (χ1n) is 13.9. The zero-order valence-corrected chi connectivity index (χ0v) is 24.6. The van der Waals surface area contributed by atoms with Crippen molar-refractivity contribution in [2.24, 2.45) is 0 Å². The van der Waals surface area contributed by atoms with Crippen molar-refractivity contribution in [2.45, 2.75) is 62.4 Å². The van der Waals surface area contributed by atoms with Crippen molar-refractivity contribution >= 4 is 35.8 Å². The molecule has 6 N–H and O–H groups in total. The van der Waals surface area contributed by atoms with Gasteiger partial charge in [-0.1, -0.05) is 42.5 Å². The van der Waals surface area contributed by atoms with Crippen molar-refractivity contribution in [3.8, 4) is 11.1 Å². The highest BCUT2D eigenvalue weighted by Crippen LogP contribution is 2.34. The van der Waals surface area contributed by atoms with Crippen molar-refractivity contribution in [2.75, 3.05) is 24.7 Å². The Hall–Kier alpha value is -3.33. The number of carbonyl (C=O) groups excluding carboxylic acids is 3. The molecule has 0 bridgehead atoms. The molecule has 234 valence electrons. The van der Waals surface area contributed by atoms with Gasteiger partial charge in [-0.05, 0) is 41.2 Å². The number of benzene rings is 2. The summed E-state index contributed by atoms with van der Waals surface area (Å²) in [6.45, 7) is 0.665. The molecule has 43 heavy (non-hydrogen) atoms. The summed E-state index contributed by atoms with van der Waals surface area (Å²) >= 11 is 1.49. The molecule has 2 aromatic rings. The average Bonchev–Trinajstić information content (AvgIpc) is 3.00. The van der Waals surface area contributed by atoms with E-state index in [2.05, 4.69) is 10.6 Å². The van der Waals surface area contributed by atoms with E-state index in [1.807, 2.05) is 30.3 Å². The van der Waals surface area contributed by atoms with Gasteiger partial charge < -0.3 is 45.3 Å². The standard InChI is InChI=1S/C30H38N2O10S/c1-19(34)32-25-23(35)17-30(29(39)40,41-14-6-16-43-15-5-13-33)42-27(25)26(37)24(36)18-31-28(38)22-11-9-21(10-12-22)20-7-3-2-4-8-20/h2-4,7-13,23-27,35-37H,5-6,14-18H2,1H3,(H,31,38)(H,32,34)(H,39,40)/t23?,24-,25-,26-,27-,30-/m1/s1. The molecule has 0 aromatic heterocycles. The van der Waals surface area contributed by atoms with Crippen LogP contribution in [-0.4, -0.2) is 105 Å². The van der Waals surface area contributed by atoms with E-state index in [0.717, 1.165) is 17.4 Å². The maximum atomic E-state index is 12.7. The van der Waals surface area contributed by atoms with Crippen LogP contribution < -0.4 is 10.6 Å². The Morgan fingerprint density at radius 2 is 1.77 bits per heavy atom. The minimum atomic E-state index is -2.36. The third-order valence-corrected chi connectivity index (χ3v) is 7.98. The van der Waals surface area contributed by atoms with Crippen LogP contribution in [0.3, 0.4) is 0 Å². The van der Waals surface area contributed by atoms with Crippen LogP contribution in [0.4, 0.5) is 0 Å². The number of hydrogen-bond donors (Lipinski definition) is 6. The molecule has 1 unspecified atom stereocenters. The van der Waals surface area contributed by atoms with Gasteiger partial charge in [0.05, 0.1) is 24.9 Å². The molecule has 13 heteroatoms. The molecule has 12 nitrogen and oxygen atoms in total. The monoisotopic (exact) mass is 618 g/mol. The zero-order chi connectivity index (χ0) is 31.4. The second-order valence-corrected chi connectivity index (χ2v) is 11.3. The third-order valence-electron chi connectivity index (χ3n) is 6.87. The molecular formula is C30H38N2O10S. The highest BCUT2D eigenvalue weighted by molar-refractivity contribution is 7.99. The molecule has 0 saturated carbocycles. The lowest BCUT2D eigenvalue weighted by Crippen LogP contribution is -2.68. The molecule has 0 radical (unpaired) electrons. The van der Waals surface area contributed by atoms with E-state index in [9.17, 15) is 39.6 Å². The maximum Gasteiger partial charge on any atom is 0.364 e. The lowest BCUT2D eigenvalue weighted by molar-refractivity contribution is -0.310. The molecule has 2 aromatic carbocycles. The molecule has 1 fully saturated rings. The minimum Gasteiger partial charge on any atom is -0.477 e. The Labute approximate surface area is 253 Å². The van der Waals surface area contributed by atoms with Gasteiger partial charge in [-0.15, -0.1) is 0 Å². The molecule has 0 spiro atoms. The van der Waals surface area contributed by atoms with Crippen molar-refractivity contribution in [3.63, 3.8) is 0 Å². The number of ether oxygens (including phenoxy) is 2. The highest BCUT2D eigenvalue weighted by Gasteiger charge is 2.55. The van der Waals surface area contributed by atoms with Crippen LogP contribution >= 0.6 is 11.8 Å². The Bertz CT molecular complexity index is 1220. The number of aliphatic hydroxyl groups is 3. The van der Waals surface area contributed by atoms with Gasteiger partial charge in [0, 0.05) is 31.9 Å². The number of carbonyl (C=O) groups is 4. The van der Waals surface area contributed by atoms with Crippen LogP contribution in [0.2, 0.25) is 0 Å². The molecule has 1 saturated heterocycles. The van der Waals surface area contributed by atoms with Gasteiger partial charge in [0.15, 0.2) is 0 Å². The first-order valence-corrected chi connectivity index (χ1v) is 15.0. The summed E-state index contributed by atoms with van der Waals surface area (Å²) in [5, 5.41) is 47.6. The predicted octanol–water partition coefficient (Wildman–Crippen LogP) is 0.970. The number of thioether (sulfide) groups is 1. The quantitative estimate of drug-likeness (QED) is 0.116. The molecule has 2 amide bonds. The number of rotatable bonds is 16. The fourth-order valence-corrected chi connectivity index (χ4v) is 5.45. The third kappa shape index (κ3) is 9.58. The van der Waals surface area contributed by atoms with Crippen LogP contribution in [0, 0.1) is 0 Å². The molecule has 1 aliphatic heterocycles. The van der Waals surface area contributed by atoms with Gasteiger partial charge in [-0.2, -0.15) is 11.8 Å². The van der Waals surface area contributed by atoms with Gasteiger partial charge in [0.1, 0.15) is 18.5 Å². The average molecular weight is 619 g/mol. The summed E-state index contributed by atoms with van der Waals surface area (Å²) in [6.07, 6.45) is -5.56. The number of aliphatic carboxylic acids is 1. The van der Waals surface area contributed by atoms with Gasteiger partial charge >= 0.3 is 5.97 Å². The smallest absolute Gasteiger partial charge is 0.364 e. The van der Waals surface area contributed by atoms with E-state index in [0.29, 0.717) is 29.9 Å². The summed E-state index contributed by atoms with van der Waals surface area (Å²) in [4.78, 5) is 47.3. The van der Waals surface area contributed by atoms with Gasteiger partial charge in [0.2, 0.25) is 5.91 Å². The predicted molar refractivity (Wildman–Crippen MR) is 158 cm³/mol. The van der Waals surface area contributed by atoms with Crippen molar-refractivity contribution < 1.29 is 49.1 Å². The second kappa shape index (κ2) is 16.5. The lowest BCUT2D eigenvalue weighted by Gasteiger charge is -2.46. The highest BCUT2D eigenvalue weighted by atomic mass is 32.2. The summed E-state index contributed by atoms with van der Waals surface area (Å²) in [7, 11) is 0. The van der Waals surface area contributed by atoms with Crippen molar-refractivity contribution in [1.82, 2.24) is 10.6 Å². The minimum absolute atomic E-state index is 0.0671. The van der Waals surface area contributed by atoms with E-state index >= 15 is 0 Å². The normalized spacial score (nSPS) is 23.1. The Morgan fingerprint density at radius 3 is 2.40 bits per heavy atom. The molecule has 6 atom stereocenters. The van der Waals surface area contributed by atoms with E-state index in [1.165, 1.54) is 18.7 Å². The maximum absolute atomic E-state index is 12.7. The SMILES string of the molecule is CC(=O)N[C@@H]1C(O)C[C@](OCCCSCCC=O)(C(=O)O)O[C@H]1[C@H](O)[C@H](O)CNC(=O)c1ccc(-c2ccccc2)cc1. The van der Waals surface area contributed by atoms with E-state index in [4.69, 9.17) is 9.47 Å². The van der Waals surface area contributed by atoms with Crippen LogP contribution in [0.25, 0.3) is 11.1 Å². The van der Waals surface area contributed by atoms with E-state index in [1.54, 1.807) is 24.3 Å². The topological polar surface area (TPSA) is 192 Å². The molecule has 0 aliphatic carbocycles. The van der Waals surface area contributed by atoms with Crippen molar-refractivity contribution in [1.29, 1.82) is 0 Å². The van der Waals surface area contributed by atoms with Gasteiger partial charge in [-0.3, -0.25) is 9.59 Å². The summed E-state index contributed by atoms with van der Waals surface area (Å²) < 4.78 is 11.3. The Morgan fingerprint density at radius 1 is 1.09 bits per heavy atom.